The zero-order chi connectivity index (χ0) is 17.9. The van der Waals surface area contributed by atoms with E-state index in [1.165, 1.54) is 6.33 Å². The molecule has 138 valence electrons. The smallest absolute Gasteiger partial charge is 0.214 e. The lowest BCUT2D eigenvalue weighted by atomic mass is 9.97. The second-order valence-corrected chi connectivity index (χ2v) is 8.56. The Morgan fingerprint density at radius 1 is 1.24 bits per heavy atom. The lowest BCUT2D eigenvalue weighted by Crippen LogP contribution is -2.39. The zero-order valence-corrected chi connectivity index (χ0v) is 15.6. The van der Waals surface area contributed by atoms with Crippen molar-refractivity contribution < 1.29 is 8.42 Å². The van der Waals surface area contributed by atoms with Crippen LogP contribution < -0.4 is 0 Å². The highest BCUT2D eigenvalue weighted by Crippen LogP contribution is 2.28. The van der Waals surface area contributed by atoms with Crippen LogP contribution >= 0.6 is 0 Å². The van der Waals surface area contributed by atoms with Crippen molar-refractivity contribution in [2.24, 2.45) is 7.05 Å². The predicted molar refractivity (Wildman–Crippen MR) is 92.4 cm³/mol. The van der Waals surface area contributed by atoms with Crippen LogP contribution in [0.25, 0.3) is 0 Å². The number of rotatable bonds is 7. The highest BCUT2D eigenvalue weighted by molar-refractivity contribution is 7.89. The van der Waals surface area contributed by atoms with Crippen LogP contribution in [0.1, 0.15) is 50.2 Å². The molecule has 2 aromatic heterocycles. The molecule has 1 aliphatic heterocycles. The Morgan fingerprint density at radius 3 is 2.64 bits per heavy atom. The number of hydrogen-bond acceptors (Lipinski definition) is 6. The summed E-state index contributed by atoms with van der Waals surface area (Å²) in [5.41, 5.74) is 0. The molecule has 2 aromatic rings. The van der Waals surface area contributed by atoms with E-state index in [4.69, 9.17) is 0 Å². The van der Waals surface area contributed by atoms with Gasteiger partial charge in [-0.15, -0.1) is 10.2 Å². The average Bonchev–Trinajstić information content (AvgIpc) is 3.24. The Hall–Kier alpha value is -1.81. The van der Waals surface area contributed by atoms with Crippen molar-refractivity contribution in [1.82, 2.24) is 33.8 Å². The summed E-state index contributed by atoms with van der Waals surface area (Å²) < 4.78 is 30.0. The maximum absolute atomic E-state index is 12.3. The van der Waals surface area contributed by atoms with Gasteiger partial charge in [-0.3, -0.25) is 0 Å². The maximum Gasteiger partial charge on any atom is 0.214 e. The van der Waals surface area contributed by atoms with E-state index in [-0.39, 0.29) is 11.7 Å². The third-order valence-corrected chi connectivity index (χ3v) is 6.69. The molecule has 9 nitrogen and oxygen atoms in total. The lowest BCUT2D eigenvalue weighted by molar-refractivity contribution is 0.310. The molecule has 3 heterocycles. The summed E-state index contributed by atoms with van der Waals surface area (Å²) in [6, 6.07) is 0. The Morgan fingerprint density at radius 2 is 2.00 bits per heavy atom. The lowest BCUT2D eigenvalue weighted by Gasteiger charge is -2.30. The van der Waals surface area contributed by atoms with Gasteiger partial charge in [-0.25, -0.2) is 22.4 Å². The number of unbranched alkanes of at least 4 members (excludes halogenated alkanes) is 1. The zero-order valence-electron chi connectivity index (χ0n) is 14.7. The summed E-state index contributed by atoms with van der Waals surface area (Å²) in [6.07, 6.45) is 6.31. The van der Waals surface area contributed by atoms with Gasteiger partial charge < -0.3 is 4.57 Å². The molecule has 1 saturated heterocycles. The van der Waals surface area contributed by atoms with Crippen molar-refractivity contribution in [3.8, 4) is 0 Å². The van der Waals surface area contributed by atoms with Crippen molar-refractivity contribution in [2.45, 2.75) is 45.1 Å². The average molecular weight is 367 g/mol. The van der Waals surface area contributed by atoms with Crippen LogP contribution in [0.5, 0.6) is 0 Å². The van der Waals surface area contributed by atoms with Crippen molar-refractivity contribution >= 4 is 10.0 Å². The Balaban J connectivity index is 1.62. The minimum absolute atomic E-state index is 0.236. The quantitative estimate of drug-likeness (QED) is 0.716. The molecule has 0 bridgehead atoms. The molecular formula is C15H25N7O2S. The first-order valence-corrected chi connectivity index (χ1v) is 10.3. The van der Waals surface area contributed by atoms with Gasteiger partial charge in [0.1, 0.15) is 25.0 Å². The van der Waals surface area contributed by atoms with E-state index < -0.39 is 10.0 Å². The molecular weight excluding hydrogens is 342 g/mol. The van der Waals surface area contributed by atoms with Crippen LogP contribution in [0.4, 0.5) is 0 Å². The Kier molecular flexibility index (Phi) is 5.48. The first-order chi connectivity index (χ1) is 12.0. The SMILES string of the molecule is CCCCS(=O)(=O)N1CCC(c2nnc(Cn3cncn3)n2C)CC1. The van der Waals surface area contributed by atoms with E-state index in [1.807, 2.05) is 18.5 Å². The largest absolute Gasteiger partial charge is 0.316 e. The first-order valence-electron chi connectivity index (χ1n) is 8.69. The molecule has 1 aliphatic rings. The standard InChI is InChI=1S/C15H25N7O2S/c1-3-4-9-25(23,24)22-7-5-13(6-8-22)15-19-18-14(20(15)2)10-21-12-16-11-17-21/h11-13H,3-10H2,1-2H3. The van der Waals surface area contributed by atoms with E-state index in [0.29, 0.717) is 19.6 Å². The highest BCUT2D eigenvalue weighted by Gasteiger charge is 2.30. The maximum atomic E-state index is 12.3. The van der Waals surface area contributed by atoms with Gasteiger partial charge in [-0.1, -0.05) is 13.3 Å². The number of aromatic nitrogens is 6. The molecule has 0 spiro atoms. The molecule has 0 unspecified atom stereocenters. The second-order valence-electron chi connectivity index (χ2n) is 6.47. The van der Waals surface area contributed by atoms with E-state index in [0.717, 1.165) is 37.3 Å². The second kappa shape index (κ2) is 7.61. The van der Waals surface area contributed by atoms with Crippen LogP contribution in [0.3, 0.4) is 0 Å². The minimum atomic E-state index is -3.12. The molecule has 0 radical (unpaired) electrons. The fourth-order valence-corrected chi connectivity index (χ4v) is 4.85. The normalized spacial score (nSPS) is 17.2. The van der Waals surface area contributed by atoms with Crippen LogP contribution in [-0.2, 0) is 23.6 Å². The minimum Gasteiger partial charge on any atom is -0.316 e. The van der Waals surface area contributed by atoms with Crippen LogP contribution in [0.2, 0.25) is 0 Å². The summed E-state index contributed by atoms with van der Waals surface area (Å²) >= 11 is 0. The Labute approximate surface area is 148 Å². The van der Waals surface area contributed by atoms with Gasteiger partial charge in [-0.2, -0.15) is 5.10 Å². The van der Waals surface area contributed by atoms with Gasteiger partial charge in [0.05, 0.1) is 5.75 Å². The highest BCUT2D eigenvalue weighted by atomic mass is 32.2. The summed E-state index contributed by atoms with van der Waals surface area (Å²) in [4.78, 5) is 3.93. The van der Waals surface area contributed by atoms with Crippen molar-refractivity contribution in [3.05, 3.63) is 24.3 Å². The molecule has 10 heteroatoms. The van der Waals surface area contributed by atoms with Gasteiger partial charge in [-0.05, 0) is 19.3 Å². The number of hydrogen-bond donors (Lipinski definition) is 0. The number of sulfonamides is 1. The summed E-state index contributed by atoms with van der Waals surface area (Å²) in [5, 5.41) is 12.7. The van der Waals surface area contributed by atoms with Crippen molar-refractivity contribution in [1.29, 1.82) is 0 Å². The van der Waals surface area contributed by atoms with Crippen molar-refractivity contribution in [3.63, 3.8) is 0 Å². The Bertz CT molecular complexity index is 777. The third-order valence-electron chi connectivity index (χ3n) is 4.74. The van der Waals surface area contributed by atoms with Crippen LogP contribution in [0, 0.1) is 0 Å². The molecule has 0 atom stereocenters. The van der Waals surface area contributed by atoms with Gasteiger partial charge in [0.2, 0.25) is 10.0 Å². The van der Waals surface area contributed by atoms with E-state index in [1.54, 1.807) is 15.3 Å². The fraction of sp³-hybridized carbons (Fsp3) is 0.733. The predicted octanol–water partition coefficient (Wildman–Crippen LogP) is 0.764. The van der Waals surface area contributed by atoms with E-state index in [9.17, 15) is 8.42 Å². The van der Waals surface area contributed by atoms with Gasteiger partial charge in [0.25, 0.3) is 0 Å². The topological polar surface area (TPSA) is 98.8 Å². The molecule has 0 amide bonds. The van der Waals surface area contributed by atoms with Gasteiger partial charge in [0.15, 0.2) is 5.82 Å². The summed E-state index contributed by atoms with van der Waals surface area (Å²) in [7, 11) is -1.17. The van der Waals surface area contributed by atoms with E-state index in [2.05, 4.69) is 20.3 Å². The third kappa shape index (κ3) is 4.06. The summed E-state index contributed by atoms with van der Waals surface area (Å²) in [5.74, 6) is 2.22. The summed E-state index contributed by atoms with van der Waals surface area (Å²) in [6.45, 7) is 3.64. The fourth-order valence-electron chi connectivity index (χ4n) is 3.18. The van der Waals surface area contributed by atoms with Crippen molar-refractivity contribution in [2.75, 3.05) is 18.8 Å². The van der Waals surface area contributed by atoms with Crippen LogP contribution in [0.15, 0.2) is 12.7 Å². The molecule has 25 heavy (non-hydrogen) atoms. The van der Waals surface area contributed by atoms with Gasteiger partial charge >= 0.3 is 0 Å². The number of piperidine rings is 1. The number of nitrogens with zero attached hydrogens (tertiary/aromatic N) is 7. The molecule has 0 N–H and O–H groups in total. The first kappa shape index (κ1) is 18.0. The molecule has 3 rings (SSSR count). The van der Waals surface area contributed by atoms with Crippen LogP contribution in [-0.4, -0.2) is 61.1 Å². The molecule has 0 aromatic carbocycles. The monoisotopic (exact) mass is 367 g/mol. The molecule has 0 saturated carbocycles. The van der Waals surface area contributed by atoms with Gasteiger partial charge in [0, 0.05) is 26.1 Å². The molecule has 0 aliphatic carbocycles. The van der Waals surface area contributed by atoms with E-state index >= 15 is 0 Å². The molecule has 1 fully saturated rings.